The van der Waals surface area contributed by atoms with Crippen molar-refractivity contribution in [3.63, 3.8) is 0 Å². The first-order valence-electron chi connectivity index (χ1n) is 3.61. The quantitative estimate of drug-likeness (QED) is 0.464. The predicted molar refractivity (Wildman–Crippen MR) is 28.4 cm³/mol. The summed E-state index contributed by atoms with van der Waals surface area (Å²) < 4.78 is 17.8. The van der Waals surface area contributed by atoms with E-state index in [1.165, 1.54) is 0 Å². The van der Waals surface area contributed by atoms with Gasteiger partial charge in [0.1, 0.15) is 0 Å². The van der Waals surface area contributed by atoms with Crippen LogP contribution in [0.25, 0.3) is 0 Å². The standard InChI is InChI=1S/C6H10O2/c1-3-7-6-5(1)2-4-8-6/h5-6H,1-4H2/t5-,6+/i1D/t1-,5+,6-/m0/s1. The zero-order chi connectivity index (χ0) is 6.27. The summed E-state index contributed by atoms with van der Waals surface area (Å²) in [5.74, 6) is 0.366. The maximum absolute atomic E-state index is 7.45. The van der Waals surface area contributed by atoms with Gasteiger partial charge in [-0.2, -0.15) is 0 Å². The van der Waals surface area contributed by atoms with E-state index in [1.54, 1.807) is 0 Å². The van der Waals surface area contributed by atoms with Crippen LogP contribution in [0.3, 0.4) is 0 Å². The molecule has 0 aromatic rings. The summed E-state index contributed by atoms with van der Waals surface area (Å²) in [5, 5.41) is 0. The second kappa shape index (κ2) is 1.71. The average molecular weight is 115 g/mol. The molecule has 2 nitrogen and oxygen atoms in total. The Bertz CT molecular complexity index is 118. The van der Waals surface area contributed by atoms with Gasteiger partial charge >= 0.3 is 0 Å². The van der Waals surface area contributed by atoms with E-state index in [0.29, 0.717) is 12.5 Å². The van der Waals surface area contributed by atoms with Crippen LogP contribution >= 0.6 is 0 Å². The summed E-state index contributed by atoms with van der Waals surface area (Å²) in [6.45, 7) is 1.35. The minimum Gasteiger partial charge on any atom is -0.352 e. The summed E-state index contributed by atoms with van der Waals surface area (Å²) in [5.41, 5.74) is 0. The van der Waals surface area contributed by atoms with Crippen molar-refractivity contribution in [2.24, 2.45) is 5.92 Å². The maximum Gasteiger partial charge on any atom is 0.160 e. The van der Waals surface area contributed by atoms with E-state index in [4.69, 9.17) is 10.8 Å². The Kier molecular flexibility index (Phi) is 0.822. The minimum absolute atomic E-state index is 0.0301. The molecule has 2 rings (SSSR count). The largest absolute Gasteiger partial charge is 0.352 e. The van der Waals surface area contributed by atoms with Crippen molar-refractivity contribution in [3.05, 3.63) is 0 Å². The second-order valence-electron chi connectivity index (χ2n) is 2.26. The van der Waals surface area contributed by atoms with Gasteiger partial charge in [-0.3, -0.25) is 0 Å². The minimum atomic E-state index is -0.0347. The summed E-state index contributed by atoms with van der Waals surface area (Å²) in [7, 11) is 0. The Hall–Kier alpha value is -0.0800. The molecule has 0 aromatic carbocycles. The van der Waals surface area contributed by atoms with Crippen LogP contribution in [-0.4, -0.2) is 19.5 Å². The van der Waals surface area contributed by atoms with E-state index >= 15 is 0 Å². The van der Waals surface area contributed by atoms with Crippen LogP contribution in [-0.2, 0) is 9.47 Å². The van der Waals surface area contributed by atoms with E-state index in [0.717, 1.165) is 13.0 Å². The molecule has 0 radical (unpaired) electrons. The Morgan fingerprint density at radius 1 is 1.38 bits per heavy atom. The molecule has 0 aromatic heterocycles. The van der Waals surface area contributed by atoms with Crippen molar-refractivity contribution in [1.29, 1.82) is 0 Å². The topological polar surface area (TPSA) is 18.5 Å². The second-order valence-corrected chi connectivity index (χ2v) is 2.26. The zero-order valence-corrected chi connectivity index (χ0v) is 4.67. The van der Waals surface area contributed by atoms with Gasteiger partial charge in [0.2, 0.25) is 0 Å². The SMILES string of the molecule is [2H][C@H]1CO[C@H]2OCC[C@H]21. The molecule has 0 bridgehead atoms. The van der Waals surface area contributed by atoms with Crippen LogP contribution in [0.4, 0.5) is 0 Å². The van der Waals surface area contributed by atoms with Crippen LogP contribution < -0.4 is 0 Å². The van der Waals surface area contributed by atoms with Crippen LogP contribution in [0.15, 0.2) is 0 Å². The van der Waals surface area contributed by atoms with Gasteiger partial charge in [0.25, 0.3) is 0 Å². The highest BCUT2D eigenvalue weighted by Gasteiger charge is 2.33. The normalized spacial score (nSPS) is 56.0. The molecule has 0 N–H and O–H groups in total. The summed E-state index contributed by atoms with van der Waals surface area (Å²) >= 11 is 0. The zero-order valence-electron chi connectivity index (χ0n) is 5.67. The first kappa shape index (κ1) is 3.85. The smallest absolute Gasteiger partial charge is 0.160 e. The lowest BCUT2D eigenvalue weighted by atomic mass is 10.1. The van der Waals surface area contributed by atoms with Crippen molar-refractivity contribution in [2.45, 2.75) is 19.1 Å². The molecule has 2 fully saturated rings. The summed E-state index contributed by atoms with van der Waals surface area (Å²) in [6, 6.07) is 0. The monoisotopic (exact) mass is 115 g/mol. The van der Waals surface area contributed by atoms with Crippen LogP contribution in [0.2, 0.25) is 0 Å². The third-order valence-corrected chi connectivity index (χ3v) is 1.74. The lowest BCUT2D eigenvalue weighted by Crippen LogP contribution is -2.08. The molecule has 0 aliphatic carbocycles. The number of hydrogen-bond donors (Lipinski definition) is 0. The molecule has 0 spiro atoms. The lowest BCUT2D eigenvalue weighted by Gasteiger charge is -2.03. The molecule has 3 atom stereocenters. The Labute approximate surface area is 50.2 Å². The van der Waals surface area contributed by atoms with Gasteiger partial charge in [-0.15, -0.1) is 0 Å². The molecule has 46 valence electrons. The van der Waals surface area contributed by atoms with E-state index in [-0.39, 0.29) is 12.7 Å². The number of fused-ring (bicyclic) bond motifs is 1. The highest BCUT2D eigenvalue weighted by molar-refractivity contribution is 4.73. The molecule has 2 saturated heterocycles. The van der Waals surface area contributed by atoms with Gasteiger partial charge in [-0.05, 0) is 12.8 Å². The van der Waals surface area contributed by atoms with E-state index in [2.05, 4.69) is 0 Å². The van der Waals surface area contributed by atoms with Crippen molar-refractivity contribution < 1.29 is 10.8 Å². The first-order chi connectivity index (χ1) is 4.38. The molecule has 2 aliphatic heterocycles. The maximum atomic E-state index is 7.45. The Balaban J connectivity index is 2.07. The first-order valence-corrected chi connectivity index (χ1v) is 3.03. The van der Waals surface area contributed by atoms with Gasteiger partial charge in [0.05, 0.1) is 13.2 Å². The molecule has 2 aliphatic rings. The molecule has 0 unspecified atom stereocenters. The van der Waals surface area contributed by atoms with Crippen molar-refractivity contribution >= 4 is 0 Å². The van der Waals surface area contributed by atoms with Crippen LogP contribution in [0, 0.1) is 5.92 Å². The molecular weight excluding hydrogens is 104 g/mol. The fourth-order valence-corrected chi connectivity index (χ4v) is 1.25. The van der Waals surface area contributed by atoms with Crippen molar-refractivity contribution in [2.75, 3.05) is 13.2 Å². The fraction of sp³-hybridized carbons (Fsp3) is 1.00. The van der Waals surface area contributed by atoms with Gasteiger partial charge in [-0.25, -0.2) is 0 Å². The van der Waals surface area contributed by atoms with Crippen molar-refractivity contribution in [3.8, 4) is 0 Å². The summed E-state index contributed by atoms with van der Waals surface area (Å²) in [6.07, 6.45) is 0.948. The van der Waals surface area contributed by atoms with Crippen LogP contribution in [0.5, 0.6) is 0 Å². The third kappa shape index (κ3) is 0.565. The van der Waals surface area contributed by atoms with E-state index < -0.39 is 0 Å². The fourth-order valence-electron chi connectivity index (χ4n) is 1.25. The Morgan fingerprint density at radius 3 is 3.12 bits per heavy atom. The lowest BCUT2D eigenvalue weighted by molar-refractivity contribution is -0.0904. The van der Waals surface area contributed by atoms with Gasteiger partial charge in [-0.1, -0.05) is 0 Å². The predicted octanol–water partition coefficient (Wildman–Crippen LogP) is 0.769. The van der Waals surface area contributed by atoms with Gasteiger partial charge in [0.15, 0.2) is 6.29 Å². The average Bonchev–Trinajstić information content (AvgIpc) is 2.35. The van der Waals surface area contributed by atoms with Gasteiger partial charge < -0.3 is 9.47 Å². The van der Waals surface area contributed by atoms with E-state index in [1.807, 2.05) is 0 Å². The molecule has 2 heteroatoms. The van der Waals surface area contributed by atoms with Crippen molar-refractivity contribution in [1.82, 2.24) is 0 Å². The number of ether oxygens (including phenoxy) is 2. The summed E-state index contributed by atoms with van der Waals surface area (Å²) in [4.78, 5) is 0. The number of rotatable bonds is 0. The molecule has 8 heavy (non-hydrogen) atoms. The number of hydrogen-bond acceptors (Lipinski definition) is 2. The van der Waals surface area contributed by atoms with Crippen LogP contribution in [0.1, 0.15) is 14.2 Å². The molecule has 0 amide bonds. The highest BCUT2D eigenvalue weighted by atomic mass is 16.7. The van der Waals surface area contributed by atoms with Gasteiger partial charge in [0, 0.05) is 7.29 Å². The Morgan fingerprint density at radius 2 is 2.25 bits per heavy atom. The molecule has 0 saturated carbocycles. The molecule has 2 heterocycles. The third-order valence-electron chi connectivity index (χ3n) is 1.74. The highest BCUT2D eigenvalue weighted by Crippen LogP contribution is 2.30. The van der Waals surface area contributed by atoms with E-state index in [9.17, 15) is 0 Å². The molecular formula is C6H10O2.